The summed E-state index contributed by atoms with van der Waals surface area (Å²) in [7, 11) is 2.70. The molecular formula is C22H18ClFN2O4. The van der Waals surface area contributed by atoms with Gasteiger partial charge in [0.15, 0.2) is 0 Å². The van der Waals surface area contributed by atoms with Crippen LogP contribution in [0.2, 0.25) is 5.02 Å². The molecule has 0 spiro atoms. The van der Waals surface area contributed by atoms with Crippen LogP contribution < -0.4 is 10.1 Å². The summed E-state index contributed by atoms with van der Waals surface area (Å²) < 4.78 is 24.1. The lowest BCUT2D eigenvalue weighted by Gasteiger charge is -2.15. The average molecular weight is 429 g/mol. The Bertz CT molecular complexity index is 1190. The van der Waals surface area contributed by atoms with E-state index in [1.54, 1.807) is 25.1 Å². The number of amides is 1. The third-order valence-corrected chi connectivity index (χ3v) is 5.42. The van der Waals surface area contributed by atoms with Crippen molar-refractivity contribution in [2.45, 2.75) is 12.8 Å². The fourth-order valence-electron chi connectivity index (χ4n) is 3.90. The van der Waals surface area contributed by atoms with Crippen molar-refractivity contribution in [3.8, 4) is 17.0 Å². The van der Waals surface area contributed by atoms with E-state index in [0.717, 1.165) is 0 Å². The fraction of sp³-hybridized carbons (Fsp3) is 0.182. The molecule has 1 aliphatic rings. The number of hydrogen-bond acceptors (Lipinski definition) is 4. The maximum atomic E-state index is 13.8. The number of carbonyl (C=O) groups excluding carboxylic acids is 2. The van der Waals surface area contributed by atoms with Crippen molar-refractivity contribution in [2.24, 2.45) is 0 Å². The Morgan fingerprint density at radius 2 is 1.93 bits per heavy atom. The molecule has 1 aromatic heterocycles. The van der Waals surface area contributed by atoms with Gasteiger partial charge in [-0.2, -0.15) is 0 Å². The molecule has 2 aromatic carbocycles. The minimum atomic E-state index is -0.817. The molecule has 2 heterocycles. The Balaban J connectivity index is 2.04. The van der Waals surface area contributed by atoms with Crippen molar-refractivity contribution in [3.05, 3.63) is 69.6 Å². The van der Waals surface area contributed by atoms with E-state index in [9.17, 15) is 14.0 Å². The summed E-state index contributed by atoms with van der Waals surface area (Å²) in [6.45, 7) is 1.71. The first-order valence-electron chi connectivity index (χ1n) is 9.10. The van der Waals surface area contributed by atoms with Gasteiger partial charge in [-0.1, -0.05) is 11.6 Å². The van der Waals surface area contributed by atoms with E-state index in [1.807, 2.05) is 0 Å². The van der Waals surface area contributed by atoms with Gasteiger partial charge in [-0.15, -0.1) is 0 Å². The largest absolute Gasteiger partial charge is 0.496 e. The van der Waals surface area contributed by atoms with E-state index in [4.69, 9.17) is 21.1 Å². The number of esters is 1. The molecule has 154 valence electrons. The highest BCUT2D eigenvalue weighted by molar-refractivity contribution is 6.31. The molecule has 6 nitrogen and oxygen atoms in total. The van der Waals surface area contributed by atoms with E-state index in [1.165, 1.54) is 32.4 Å². The number of aromatic nitrogens is 1. The topological polar surface area (TPSA) is 80.4 Å². The first-order chi connectivity index (χ1) is 14.3. The highest BCUT2D eigenvalue weighted by Crippen LogP contribution is 2.46. The zero-order valence-corrected chi connectivity index (χ0v) is 17.2. The number of fused-ring (bicyclic) bond motifs is 1. The summed E-state index contributed by atoms with van der Waals surface area (Å²) in [5.74, 6) is -1.92. The fourth-order valence-corrected chi connectivity index (χ4v) is 4.08. The van der Waals surface area contributed by atoms with Crippen molar-refractivity contribution in [1.29, 1.82) is 0 Å². The number of anilines is 1. The molecule has 0 aliphatic carbocycles. The number of H-pyrrole nitrogens is 1. The molecule has 1 aliphatic heterocycles. The SMILES string of the molecule is COC(=O)c1c(C)[nH]c(-c2ccc(F)cc2OC)c1C1C(=O)Nc2ccc(Cl)cc21. The number of rotatable bonds is 4. The summed E-state index contributed by atoms with van der Waals surface area (Å²) in [5.41, 5.74) is 3.41. The van der Waals surface area contributed by atoms with Crippen molar-refractivity contribution < 1.29 is 23.5 Å². The molecule has 0 saturated heterocycles. The number of carbonyl (C=O) groups is 2. The molecule has 4 rings (SSSR count). The number of benzene rings is 2. The van der Waals surface area contributed by atoms with Crippen molar-refractivity contribution in [1.82, 2.24) is 4.98 Å². The van der Waals surface area contributed by atoms with E-state index >= 15 is 0 Å². The van der Waals surface area contributed by atoms with Crippen LogP contribution in [0.15, 0.2) is 36.4 Å². The minimum absolute atomic E-state index is 0.242. The van der Waals surface area contributed by atoms with Crippen LogP contribution in [0.25, 0.3) is 11.3 Å². The third-order valence-electron chi connectivity index (χ3n) is 5.18. The number of methoxy groups -OCH3 is 2. The van der Waals surface area contributed by atoms with Gasteiger partial charge in [-0.3, -0.25) is 4.79 Å². The Kier molecular flexibility index (Phi) is 4.99. The monoisotopic (exact) mass is 428 g/mol. The molecule has 1 atom stereocenters. The quantitative estimate of drug-likeness (QED) is 0.592. The van der Waals surface area contributed by atoms with E-state index < -0.39 is 17.7 Å². The number of hydrogen-bond donors (Lipinski definition) is 2. The predicted molar refractivity (Wildman–Crippen MR) is 111 cm³/mol. The van der Waals surface area contributed by atoms with Crippen LogP contribution in [0.1, 0.15) is 33.1 Å². The zero-order chi connectivity index (χ0) is 21.6. The molecule has 0 bridgehead atoms. The zero-order valence-electron chi connectivity index (χ0n) is 16.4. The molecule has 0 fully saturated rings. The lowest BCUT2D eigenvalue weighted by molar-refractivity contribution is -0.116. The van der Waals surface area contributed by atoms with Gasteiger partial charge in [0.25, 0.3) is 0 Å². The van der Waals surface area contributed by atoms with Crippen LogP contribution in [0.3, 0.4) is 0 Å². The van der Waals surface area contributed by atoms with Crippen LogP contribution >= 0.6 is 11.6 Å². The highest BCUT2D eigenvalue weighted by atomic mass is 35.5. The summed E-state index contributed by atoms with van der Waals surface area (Å²) in [6, 6.07) is 9.15. The standard InChI is InChI=1S/C22H18ClFN2O4/c1-10-17(22(28)30-3)19(18-14-8-11(23)4-7-15(14)26-21(18)27)20(25-10)13-6-5-12(24)9-16(13)29-2/h4-9,18,25H,1-3H3,(H,26,27). The number of nitrogens with one attached hydrogen (secondary N) is 2. The Hall–Kier alpha value is -3.32. The summed E-state index contributed by atoms with van der Waals surface area (Å²) in [4.78, 5) is 28.8. The number of ether oxygens (including phenoxy) is 2. The number of halogens is 2. The number of aryl methyl sites for hydroxylation is 1. The first-order valence-corrected chi connectivity index (χ1v) is 9.48. The predicted octanol–water partition coefficient (Wildman–Crippen LogP) is 4.66. The Morgan fingerprint density at radius 1 is 1.17 bits per heavy atom. The lowest BCUT2D eigenvalue weighted by atomic mass is 9.87. The number of aromatic amines is 1. The molecular weight excluding hydrogens is 411 g/mol. The van der Waals surface area contributed by atoms with Crippen molar-refractivity contribution in [3.63, 3.8) is 0 Å². The smallest absolute Gasteiger partial charge is 0.340 e. The molecule has 30 heavy (non-hydrogen) atoms. The summed E-state index contributed by atoms with van der Waals surface area (Å²) in [5, 5.41) is 3.29. The highest BCUT2D eigenvalue weighted by Gasteiger charge is 2.39. The van der Waals surface area contributed by atoms with E-state index in [-0.39, 0.29) is 17.2 Å². The maximum Gasteiger partial charge on any atom is 0.340 e. The van der Waals surface area contributed by atoms with Gasteiger partial charge in [-0.25, -0.2) is 9.18 Å². The van der Waals surface area contributed by atoms with Gasteiger partial charge in [0.2, 0.25) is 5.91 Å². The Morgan fingerprint density at radius 3 is 2.63 bits per heavy atom. The molecule has 8 heteroatoms. The van der Waals surface area contributed by atoms with Gasteiger partial charge in [-0.05, 0) is 42.8 Å². The first kappa shape index (κ1) is 20.0. The van der Waals surface area contributed by atoms with Crippen molar-refractivity contribution in [2.75, 3.05) is 19.5 Å². The van der Waals surface area contributed by atoms with Crippen LogP contribution in [0, 0.1) is 12.7 Å². The molecule has 2 N–H and O–H groups in total. The summed E-state index contributed by atoms with van der Waals surface area (Å²) in [6.07, 6.45) is 0. The van der Waals surface area contributed by atoms with Crippen LogP contribution in [-0.4, -0.2) is 31.1 Å². The van der Waals surface area contributed by atoms with Gasteiger partial charge >= 0.3 is 5.97 Å². The molecule has 0 saturated carbocycles. The normalized spacial score (nSPS) is 15.0. The molecule has 1 unspecified atom stereocenters. The van der Waals surface area contributed by atoms with E-state index in [2.05, 4.69) is 10.3 Å². The average Bonchev–Trinajstić information content (AvgIpc) is 3.22. The lowest BCUT2D eigenvalue weighted by Crippen LogP contribution is -2.17. The maximum absolute atomic E-state index is 13.8. The Labute approximate surface area is 177 Å². The van der Waals surface area contributed by atoms with Crippen LogP contribution in [-0.2, 0) is 9.53 Å². The molecule has 0 radical (unpaired) electrons. The second kappa shape index (κ2) is 7.50. The second-order valence-electron chi connectivity index (χ2n) is 6.90. The third kappa shape index (κ3) is 3.11. The van der Waals surface area contributed by atoms with Crippen LogP contribution in [0.4, 0.5) is 10.1 Å². The van der Waals surface area contributed by atoms with Crippen molar-refractivity contribution >= 4 is 29.2 Å². The summed E-state index contributed by atoms with van der Waals surface area (Å²) >= 11 is 6.18. The van der Waals surface area contributed by atoms with Gasteiger partial charge < -0.3 is 19.8 Å². The van der Waals surface area contributed by atoms with Gasteiger partial charge in [0.1, 0.15) is 11.6 Å². The minimum Gasteiger partial charge on any atom is -0.496 e. The molecule has 1 amide bonds. The van der Waals surface area contributed by atoms with E-state index in [0.29, 0.717) is 38.8 Å². The van der Waals surface area contributed by atoms with Crippen LogP contribution in [0.5, 0.6) is 5.75 Å². The van der Waals surface area contributed by atoms with Gasteiger partial charge in [0, 0.05) is 33.6 Å². The molecule has 3 aromatic rings. The van der Waals surface area contributed by atoms with Gasteiger partial charge in [0.05, 0.1) is 31.4 Å². The second-order valence-corrected chi connectivity index (χ2v) is 7.34.